The van der Waals surface area contributed by atoms with E-state index in [0.717, 1.165) is 17.8 Å². The lowest BCUT2D eigenvalue weighted by Gasteiger charge is -2.36. The summed E-state index contributed by atoms with van der Waals surface area (Å²) in [4.78, 5) is 0. The van der Waals surface area contributed by atoms with E-state index in [4.69, 9.17) is 0 Å². The topological polar surface area (TPSA) is 0 Å². The van der Waals surface area contributed by atoms with E-state index in [2.05, 4.69) is 33.8 Å². The molecule has 0 nitrogen and oxygen atoms in total. The standard InChI is InChI=1S/C15H24/c1-10-7-12-8-14(3,4)9-15(12)11(2)5-6-13(10)15/h7,11-13H,5-6,8-9H2,1-4H3/t11-,12-,13+,15-/m0/s1. The summed E-state index contributed by atoms with van der Waals surface area (Å²) < 4.78 is 0. The SMILES string of the molecule is CC1=C[C@H]2CC(C)(C)C[C@@]23[C@@H]1CC[C@@H]3C. The highest BCUT2D eigenvalue weighted by Gasteiger charge is 2.61. The maximum atomic E-state index is 2.63. The fourth-order valence-corrected chi connectivity index (χ4v) is 5.34. The molecule has 1 spiro atoms. The third-order valence-corrected chi connectivity index (χ3v) is 5.72. The molecule has 0 N–H and O–H groups in total. The quantitative estimate of drug-likeness (QED) is 0.513. The molecular weight excluding hydrogens is 180 g/mol. The molecule has 0 saturated heterocycles. The molecule has 3 aliphatic rings. The first kappa shape index (κ1) is 9.93. The van der Waals surface area contributed by atoms with Gasteiger partial charge in [-0.15, -0.1) is 0 Å². The van der Waals surface area contributed by atoms with Crippen LogP contribution in [0.25, 0.3) is 0 Å². The number of rotatable bonds is 0. The second-order valence-electron chi connectivity index (χ2n) is 7.21. The second kappa shape index (κ2) is 2.70. The van der Waals surface area contributed by atoms with Crippen molar-refractivity contribution in [2.24, 2.45) is 28.6 Å². The van der Waals surface area contributed by atoms with Crippen LogP contribution in [0.4, 0.5) is 0 Å². The molecule has 4 atom stereocenters. The van der Waals surface area contributed by atoms with Crippen molar-refractivity contribution in [3.63, 3.8) is 0 Å². The van der Waals surface area contributed by atoms with Crippen molar-refractivity contribution in [1.29, 1.82) is 0 Å². The number of hydrogen-bond acceptors (Lipinski definition) is 0. The molecule has 0 aliphatic heterocycles. The van der Waals surface area contributed by atoms with Gasteiger partial charge in [0, 0.05) is 0 Å². The minimum Gasteiger partial charge on any atom is -0.0816 e. The van der Waals surface area contributed by atoms with Gasteiger partial charge in [-0.25, -0.2) is 0 Å². The second-order valence-corrected chi connectivity index (χ2v) is 7.21. The molecule has 3 aliphatic carbocycles. The van der Waals surface area contributed by atoms with Crippen LogP contribution in [0, 0.1) is 28.6 Å². The molecule has 2 fully saturated rings. The molecule has 15 heavy (non-hydrogen) atoms. The first-order chi connectivity index (χ1) is 6.96. The lowest BCUT2D eigenvalue weighted by Crippen LogP contribution is -2.31. The molecule has 0 aromatic heterocycles. The van der Waals surface area contributed by atoms with Gasteiger partial charge in [-0.3, -0.25) is 0 Å². The van der Waals surface area contributed by atoms with E-state index in [1.807, 2.05) is 0 Å². The summed E-state index contributed by atoms with van der Waals surface area (Å²) in [5.74, 6) is 2.82. The Morgan fingerprint density at radius 1 is 1.27 bits per heavy atom. The van der Waals surface area contributed by atoms with E-state index in [0.29, 0.717) is 10.8 Å². The van der Waals surface area contributed by atoms with E-state index < -0.39 is 0 Å². The Hall–Kier alpha value is -0.260. The normalized spacial score (nSPS) is 51.5. The Balaban J connectivity index is 2.05. The lowest BCUT2D eigenvalue weighted by atomic mass is 9.67. The molecule has 0 unspecified atom stereocenters. The van der Waals surface area contributed by atoms with Gasteiger partial charge in [0.1, 0.15) is 0 Å². The summed E-state index contributed by atoms with van der Waals surface area (Å²) in [6.07, 6.45) is 8.49. The van der Waals surface area contributed by atoms with Gasteiger partial charge >= 0.3 is 0 Å². The van der Waals surface area contributed by atoms with Crippen LogP contribution in [0.2, 0.25) is 0 Å². The van der Waals surface area contributed by atoms with Crippen LogP contribution in [0.5, 0.6) is 0 Å². The molecule has 0 radical (unpaired) electrons. The Bertz CT molecular complexity index is 323. The molecular formula is C15H24. The lowest BCUT2D eigenvalue weighted by molar-refractivity contribution is 0.135. The van der Waals surface area contributed by atoms with Crippen LogP contribution in [0.3, 0.4) is 0 Å². The third-order valence-electron chi connectivity index (χ3n) is 5.72. The van der Waals surface area contributed by atoms with Crippen molar-refractivity contribution in [3.05, 3.63) is 11.6 Å². The van der Waals surface area contributed by atoms with E-state index in [1.165, 1.54) is 25.7 Å². The van der Waals surface area contributed by atoms with Crippen molar-refractivity contribution in [3.8, 4) is 0 Å². The van der Waals surface area contributed by atoms with Crippen molar-refractivity contribution in [2.75, 3.05) is 0 Å². The average Bonchev–Trinajstić information content (AvgIpc) is 2.61. The molecule has 0 aromatic rings. The van der Waals surface area contributed by atoms with Crippen LogP contribution in [-0.4, -0.2) is 0 Å². The van der Waals surface area contributed by atoms with Crippen LogP contribution >= 0.6 is 0 Å². The monoisotopic (exact) mass is 204 g/mol. The highest BCUT2D eigenvalue weighted by molar-refractivity contribution is 5.28. The first-order valence-corrected chi connectivity index (χ1v) is 6.64. The largest absolute Gasteiger partial charge is 0.0816 e. The highest BCUT2D eigenvalue weighted by Crippen LogP contribution is 2.70. The van der Waals surface area contributed by atoms with Gasteiger partial charge in [0.25, 0.3) is 0 Å². The van der Waals surface area contributed by atoms with E-state index in [9.17, 15) is 0 Å². The summed E-state index contributed by atoms with van der Waals surface area (Å²) in [6, 6.07) is 0. The molecule has 0 bridgehead atoms. The van der Waals surface area contributed by atoms with Gasteiger partial charge in [0.15, 0.2) is 0 Å². The van der Waals surface area contributed by atoms with Crippen LogP contribution < -0.4 is 0 Å². The van der Waals surface area contributed by atoms with Crippen LogP contribution in [-0.2, 0) is 0 Å². The van der Waals surface area contributed by atoms with Gasteiger partial charge in [-0.1, -0.05) is 32.4 Å². The average molecular weight is 204 g/mol. The number of hydrogen-bond donors (Lipinski definition) is 0. The van der Waals surface area contributed by atoms with E-state index in [-0.39, 0.29) is 0 Å². The summed E-state index contributed by atoms with van der Waals surface area (Å²) in [7, 11) is 0. The molecule has 84 valence electrons. The third kappa shape index (κ3) is 1.09. The van der Waals surface area contributed by atoms with E-state index in [1.54, 1.807) is 5.57 Å². The zero-order valence-corrected chi connectivity index (χ0v) is 10.6. The smallest absolute Gasteiger partial charge is 0.0138 e. The summed E-state index contributed by atoms with van der Waals surface area (Å²) in [5, 5.41) is 0. The highest BCUT2D eigenvalue weighted by atomic mass is 14.7. The summed E-state index contributed by atoms with van der Waals surface area (Å²) >= 11 is 0. The molecule has 2 saturated carbocycles. The number of allylic oxidation sites excluding steroid dienone is 2. The Morgan fingerprint density at radius 3 is 2.73 bits per heavy atom. The van der Waals surface area contributed by atoms with Crippen LogP contribution in [0.15, 0.2) is 11.6 Å². The summed E-state index contributed by atoms with van der Waals surface area (Å²) in [5.41, 5.74) is 3.01. The minimum atomic E-state index is 0.596. The molecule has 3 rings (SSSR count). The Labute approximate surface area is 94.1 Å². The fraction of sp³-hybridized carbons (Fsp3) is 0.867. The maximum absolute atomic E-state index is 2.63. The van der Waals surface area contributed by atoms with Crippen molar-refractivity contribution in [2.45, 2.75) is 53.4 Å². The maximum Gasteiger partial charge on any atom is -0.0138 e. The fourth-order valence-electron chi connectivity index (χ4n) is 5.34. The van der Waals surface area contributed by atoms with Gasteiger partial charge in [-0.2, -0.15) is 0 Å². The molecule has 0 aromatic carbocycles. The van der Waals surface area contributed by atoms with Crippen molar-refractivity contribution in [1.82, 2.24) is 0 Å². The minimum absolute atomic E-state index is 0.596. The van der Waals surface area contributed by atoms with Gasteiger partial charge < -0.3 is 0 Å². The molecule has 0 heteroatoms. The molecule has 0 heterocycles. The predicted octanol–water partition coefficient (Wildman–Crippen LogP) is 4.42. The first-order valence-electron chi connectivity index (χ1n) is 6.64. The zero-order chi connectivity index (χ0) is 10.8. The van der Waals surface area contributed by atoms with Gasteiger partial charge in [-0.05, 0) is 61.2 Å². The Kier molecular flexibility index (Phi) is 1.79. The van der Waals surface area contributed by atoms with Crippen LogP contribution in [0.1, 0.15) is 53.4 Å². The predicted molar refractivity (Wildman–Crippen MR) is 64.6 cm³/mol. The molecule has 0 amide bonds. The van der Waals surface area contributed by atoms with Gasteiger partial charge in [0.2, 0.25) is 0 Å². The summed E-state index contributed by atoms with van der Waals surface area (Å²) in [6.45, 7) is 9.85. The zero-order valence-electron chi connectivity index (χ0n) is 10.6. The van der Waals surface area contributed by atoms with E-state index >= 15 is 0 Å². The Morgan fingerprint density at radius 2 is 2.00 bits per heavy atom. The van der Waals surface area contributed by atoms with Crippen molar-refractivity contribution < 1.29 is 0 Å². The van der Waals surface area contributed by atoms with Gasteiger partial charge in [0.05, 0.1) is 0 Å². The van der Waals surface area contributed by atoms with Crippen molar-refractivity contribution >= 4 is 0 Å².